The summed E-state index contributed by atoms with van der Waals surface area (Å²) in [5.74, 6) is -0.111. The Morgan fingerprint density at radius 1 is 1.44 bits per heavy atom. The number of carbonyl (C=O) groups is 1. The third kappa shape index (κ3) is 3.43. The molecular formula is C11H23N3O3S. The number of sulfonamides is 1. The average Bonchev–Trinajstić information content (AvgIpc) is 2.32. The van der Waals surface area contributed by atoms with E-state index >= 15 is 0 Å². The Labute approximate surface area is 109 Å². The van der Waals surface area contributed by atoms with E-state index in [9.17, 15) is 13.2 Å². The summed E-state index contributed by atoms with van der Waals surface area (Å²) in [5, 5.41) is 3.29. The molecule has 2 atom stereocenters. The second-order valence-corrected chi connectivity index (χ2v) is 7.09. The molecule has 1 aliphatic heterocycles. The normalized spacial score (nSPS) is 25.5. The van der Waals surface area contributed by atoms with E-state index in [4.69, 9.17) is 0 Å². The van der Waals surface area contributed by atoms with Crippen molar-refractivity contribution in [1.82, 2.24) is 14.5 Å². The lowest BCUT2D eigenvalue weighted by molar-refractivity contribution is -0.134. The van der Waals surface area contributed by atoms with Gasteiger partial charge in [-0.1, -0.05) is 0 Å². The highest BCUT2D eigenvalue weighted by Crippen LogP contribution is 2.10. The van der Waals surface area contributed by atoms with Crippen LogP contribution in [0.4, 0.5) is 0 Å². The van der Waals surface area contributed by atoms with Crippen molar-refractivity contribution in [2.45, 2.75) is 32.9 Å². The first kappa shape index (κ1) is 15.4. The molecule has 0 bridgehead atoms. The van der Waals surface area contributed by atoms with Crippen molar-refractivity contribution in [3.63, 3.8) is 0 Å². The van der Waals surface area contributed by atoms with Gasteiger partial charge >= 0.3 is 0 Å². The molecule has 1 aliphatic rings. The minimum Gasteiger partial charge on any atom is -0.336 e. The maximum Gasteiger partial charge on any atom is 0.238 e. The van der Waals surface area contributed by atoms with E-state index in [1.165, 1.54) is 7.05 Å². The van der Waals surface area contributed by atoms with Gasteiger partial charge < -0.3 is 10.2 Å². The maximum absolute atomic E-state index is 12.1. The van der Waals surface area contributed by atoms with Crippen LogP contribution < -0.4 is 5.32 Å². The molecule has 2 unspecified atom stereocenters. The molecule has 0 aliphatic carbocycles. The van der Waals surface area contributed by atoms with Gasteiger partial charge in [-0.05, 0) is 20.8 Å². The number of nitrogens with one attached hydrogen (secondary N) is 1. The van der Waals surface area contributed by atoms with Crippen LogP contribution in [0.5, 0.6) is 0 Å². The highest BCUT2D eigenvalue weighted by atomic mass is 32.2. The minimum absolute atomic E-state index is 0.0181. The van der Waals surface area contributed by atoms with Crippen LogP contribution in [0.15, 0.2) is 0 Å². The molecule has 106 valence electrons. The summed E-state index contributed by atoms with van der Waals surface area (Å²) in [5.41, 5.74) is 0. The van der Waals surface area contributed by atoms with Crippen LogP contribution in [0, 0.1) is 0 Å². The smallest absolute Gasteiger partial charge is 0.238 e. The zero-order chi connectivity index (χ0) is 13.9. The molecule has 1 saturated heterocycles. The summed E-state index contributed by atoms with van der Waals surface area (Å²) in [6.07, 6.45) is 0. The third-order valence-electron chi connectivity index (χ3n) is 3.55. The lowest BCUT2D eigenvalue weighted by Gasteiger charge is -2.39. The summed E-state index contributed by atoms with van der Waals surface area (Å²) >= 11 is 0. The highest BCUT2D eigenvalue weighted by Gasteiger charge is 2.29. The number of piperazine rings is 1. The number of amides is 1. The van der Waals surface area contributed by atoms with Gasteiger partial charge in [-0.3, -0.25) is 4.79 Å². The Kier molecular flexibility index (Phi) is 5.12. The van der Waals surface area contributed by atoms with Crippen molar-refractivity contribution in [1.29, 1.82) is 0 Å². The van der Waals surface area contributed by atoms with Crippen molar-refractivity contribution >= 4 is 15.9 Å². The fourth-order valence-electron chi connectivity index (χ4n) is 2.01. The standard InChI is InChI=1S/C11H23N3O3S/c1-5-18(16,17)13(4)8-11(15)14-7-6-12-9(2)10(14)3/h9-10,12H,5-8H2,1-4H3. The summed E-state index contributed by atoms with van der Waals surface area (Å²) < 4.78 is 24.3. The van der Waals surface area contributed by atoms with E-state index in [0.29, 0.717) is 6.54 Å². The number of hydrogen-bond acceptors (Lipinski definition) is 4. The molecule has 7 heteroatoms. The Morgan fingerprint density at radius 2 is 2.06 bits per heavy atom. The van der Waals surface area contributed by atoms with E-state index in [-0.39, 0.29) is 30.3 Å². The van der Waals surface area contributed by atoms with Crippen LogP contribution in [0.2, 0.25) is 0 Å². The number of carbonyl (C=O) groups excluding carboxylic acids is 1. The van der Waals surface area contributed by atoms with Gasteiger partial charge in [-0.2, -0.15) is 4.31 Å². The van der Waals surface area contributed by atoms with E-state index < -0.39 is 10.0 Å². The lowest BCUT2D eigenvalue weighted by atomic mass is 10.1. The monoisotopic (exact) mass is 277 g/mol. The van der Waals surface area contributed by atoms with Gasteiger partial charge in [0.05, 0.1) is 12.3 Å². The minimum atomic E-state index is -3.29. The van der Waals surface area contributed by atoms with E-state index in [1.807, 2.05) is 13.8 Å². The van der Waals surface area contributed by atoms with Crippen molar-refractivity contribution < 1.29 is 13.2 Å². The Morgan fingerprint density at radius 3 is 2.61 bits per heavy atom. The maximum atomic E-state index is 12.1. The fourth-order valence-corrected chi connectivity index (χ4v) is 2.76. The number of nitrogens with zero attached hydrogens (tertiary/aromatic N) is 2. The molecule has 0 radical (unpaired) electrons. The number of hydrogen-bond donors (Lipinski definition) is 1. The van der Waals surface area contributed by atoms with E-state index in [1.54, 1.807) is 11.8 Å². The van der Waals surface area contributed by atoms with Gasteiger partial charge in [0.15, 0.2) is 0 Å². The molecule has 0 aromatic heterocycles. The van der Waals surface area contributed by atoms with Gasteiger partial charge in [0.1, 0.15) is 0 Å². The molecule has 1 N–H and O–H groups in total. The summed E-state index contributed by atoms with van der Waals surface area (Å²) in [4.78, 5) is 13.9. The van der Waals surface area contributed by atoms with E-state index in [2.05, 4.69) is 5.32 Å². The first-order chi connectivity index (χ1) is 8.29. The van der Waals surface area contributed by atoms with Crippen LogP contribution in [0.1, 0.15) is 20.8 Å². The second-order valence-electron chi connectivity index (χ2n) is 4.73. The topological polar surface area (TPSA) is 69.7 Å². The summed E-state index contributed by atoms with van der Waals surface area (Å²) in [6, 6.07) is 0.319. The lowest BCUT2D eigenvalue weighted by Crippen LogP contribution is -2.58. The molecule has 0 aromatic rings. The summed E-state index contributed by atoms with van der Waals surface area (Å²) in [7, 11) is -1.84. The van der Waals surface area contributed by atoms with Crippen molar-refractivity contribution in [2.75, 3.05) is 32.4 Å². The first-order valence-corrected chi connectivity index (χ1v) is 7.87. The van der Waals surface area contributed by atoms with Crippen LogP contribution in [-0.4, -0.2) is 68.0 Å². The zero-order valence-corrected chi connectivity index (χ0v) is 12.3. The summed E-state index contributed by atoms with van der Waals surface area (Å²) in [6.45, 7) is 6.88. The molecule has 1 amide bonds. The Hall–Kier alpha value is -0.660. The SMILES string of the molecule is CCS(=O)(=O)N(C)CC(=O)N1CCNC(C)C1C. The predicted molar refractivity (Wildman–Crippen MR) is 70.7 cm³/mol. The molecule has 1 heterocycles. The van der Waals surface area contributed by atoms with Crippen LogP contribution in [-0.2, 0) is 14.8 Å². The largest absolute Gasteiger partial charge is 0.336 e. The van der Waals surface area contributed by atoms with Crippen LogP contribution in [0.25, 0.3) is 0 Å². The number of rotatable bonds is 4. The Balaban J connectivity index is 2.65. The molecule has 0 spiro atoms. The fraction of sp³-hybridized carbons (Fsp3) is 0.909. The highest BCUT2D eigenvalue weighted by molar-refractivity contribution is 7.89. The van der Waals surface area contributed by atoms with Gasteiger partial charge in [-0.25, -0.2) is 8.42 Å². The van der Waals surface area contributed by atoms with Gasteiger partial charge in [0.2, 0.25) is 15.9 Å². The van der Waals surface area contributed by atoms with Gasteiger partial charge in [-0.15, -0.1) is 0 Å². The number of likely N-dealkylation sites (N-methyl/N-ethyl adjacent to an activating group) is 1. The molecular weight excluding hydrogens is 254 g/mol. The molecule has 0 saturated carbocycles. The molecule has 6 nitrogen and oxygen atoms in total. The zero-order valence-electron chi connectivity index (χ0n) is 11.5. The van der Waals surface area contributed by atoms with Crippen molar-refractivity contribution in [3.05, 3.63) is 0 Å². The Bertz CT molecular complexity index is 396. The predicted octanol–water partition coefficient (Wildman–Crippen LogP) is -0.523. The van der Waals surface area contributed by atoms with Crippen molar-refractivity contribution in [2.24, 2.45) is 0 Å². The van der Waals surface area contributed by atoms with Crippen molar-refractivity contribution in [3.8, 4) is 0 Å². The van der Waals surface area contributed by atoms with Gasteiger partial charge in [0.25, 0.3) is 0 Å². The first-order valence-electron chi connectivity index (χ1n) is 6.26. The average molecular weight is 277 g/mol. The van der Waals surface area contributed by atoms with Crippen LogP contribution >= 0.6 is 0 Å². The van der Waals surface area contributed by atoms with E-state index in [0.717, 1.165) is 10.8 Å². The molecule has 18 heavy (non-hydrogen) atoms. The van der Waals surface area contributed by atoms with Crippen LogP contribution in [0.3, 0.4) is 0 Å². The second kappa shape index (κ2) is 5.99. The quantitative estimate of drug-likeness (QED) is 0.750. The molecule has 1 fully saturated rings. The molecule has 1 rings (SSSR count). The van der Waals surface area contributed by atoms with Gasteiger partial charge in [0, 0.05) is 32.2 Å². The molecule has 0 aromatic carbocycles. The third-order valence-corrected chi connectivity index (χ3v) is 5.36.